The monoisotopic (exact) mass is 336 g/mol. The summed E-state index contributed by atoms with van der Waals surface area (Å²) in [6, 6.07) is 18.5. The Morgan fingerprint density at radius 1 is 1.24 bits per heavy atom. The van der Waals surface area contributed by atoms with Crippen LogP contribution in [0, 0.1) is 6.92 Å². The number of nitrogens with one attached hydrogen (secondary N) is 1. The van der Waals surface area contributed by atoms with E-state index in [4.69, 9.17) is 4.74 Å². The molecule has 4 nitrogen and oxygen atoms in total. The van der Waals surface area contributed by atoms with Crippen LogP contribution < -0.4 is 5.43 Å². The fraction of sp³-hybridized carbons (Fsp3) is 0.286. The number of benzene rings is 2. The molecule has 0 radical (unpaired) electrons. The summed E-state index contributed by atoms with van der Waals surface area (Å²) in [6.45, 7) is 6.31. The van der Waals surface area contributed by atoms with Gasteiger partial charge in [-0.3, -0.25) is 0 Å². The maximum Gasteiger partial charge on any atom is 0.424 e. The smallest absolute Gasteiger partial charge is 0.424 e. The summed E-state index contributed by atoms with van der Waals surface area (Å²) in [7, 11) is 0. The van der Waals surface area contributed by atoms with E-state index < -0.39 is 0 Å². The topological polar surface area (TPSA) is 41.6 Å². The predicted octanol–water partition coefficient (Wildman–Crippen LogP) is 4.18. The zero-order valence-corrected chi connectivity index (χ0v) is 14.5. The number of rotatable bonds is 7. The number of carbonyl (C=O) groups excluding carboxylic acids is 1. The van der Waals surface area contributed by atoms with Crippen LogP contribution >= 0.6 is 0 Å². The van der Waals surface area contributed by atoms with Crippen LogP contribution in [0.4, 0.5) is 4.79 Å². The Balaban J connectivity index is 1.75. The minimum Gasteiger partial charge on any atom is -0.446 e. The molecule has 1 saturated heterocycles. The molecule has 1 aliphatic rings. The van der Waals surface area contributed by atoms with E-state index in [1.54, 1.807) is 5.01 Å². The highest BCUT2D eigenvalue weighted by atomic mass is 16.6. The van der Waals surface area contributed by atoms with Gasteiger partial charge in [-0.2, -0.15) is 0 Å². The summed E-state index contributed by atoms with van der Waals surface area (Å²) in [6.07, 6.45) is 3.03. The minimum atomic E-state index is -0.317. The highest BCUT2D eigenvalue weighted by molar-refractivity contribution is 5.69. The maximum atomic E-state index is 12.2. The zero-order chi connectivity index (χ0) is 17.6. The first-order valence-electron chi connectivity index (χ1n) is 8.61. The van der Waals surface area contributed by atoms with E-state index in [0.29, 0.717) is 6.61 Å². The summed E-state index contributed by atoms with van der Waals surface area (Å²) in [5.41, 5.74) is 6.89. The van der Waals surface area contributed by atoms with E-state index in [1.165, 1.54) is 11.1 Å². The molecule has 4 heteroatoms. The van der Waals surface area contributed by atoms with Gasteiger partial charge in [0.25, 0.3) is 0 Å². The molecule has 1 fully saturated rings. The van der Waals surface area contributed by atoms with Crippen LogP contribution in [0.15, 0.2) is 67.3 Å². The van der Waals surface area contributed by atoms with Gasteiger partial charge in [-0.15, -0.1) is 6.58 Å². The largest absolute Gasteiger partial charge is 0.446 e. The molecule has 0 saturated carbocycles. The van der Waals surface area contributed by atoms with Gasteiger partial charge in [0.05, 0.1) is 12.1 Å². The molecule has 0 unspecified atom stereocenters. The SMILES string of the molecule is C=CC[C@H](NN1C(=O)OC[C@@H]1Cc1ccccc1)c1ccc(C)cc1. The third-order valence-electron chi connectivity index (χ3n) is 4.45. The fourth-order valence-corrected chi connectivity index (χ4v) is 3.05. The molecule has 1 heterocycles. The van der Waals surface area contributed by atoms with Crippen LogP contribution in [0.3, 0.4) is 0 Å². The standard InChI is InChI=1S/C21H24N2O2/c1-3-7-20(18-12-10-16(2)11-13-18)22-23-19(15-25-21(23)24)14-17-8-5-4-6-9-17/h3-6,8-13,19-20,22H,1,7,14-15H2,2H3/t19-,20-/m0/s1. The van der Waals surface area contributed by atoms with Crippen molar-refractivity contribution in [3.05, 3.63) is 83.9 Å². The molecule has 130 valence electrons. The third kappa shape index (κ3) is 4.28. The van der Waals surface area contributed by atoms with Crippen molar-refractivity contribution in [2.24, 2.45) is 0 Å². The van der Waals surface area contributed by atoms with Gasteiger partial charge in [0, 0.05) is 0 Å². The predicted molar refractivity (Wildman–Crippen MR) is 99.0 cm³/mol. The number of amides is 1. The number of hydrogen-bond donors (Lipinski definition) is 1. The molecule has 0 spiro atoms. The molecule has 0 aliphatic carbocycles. The van der Waals surface area contributed by atoms with Crippen molar-refractivity contribution in [3.63, 3.8) is 0 Å². The van der Waals surface area contributed by atoms with Crippen molar-refractivity contribution >= 4 is 6.09 Å². The Morgan fingerprint density at radius 2 is 1.96 bits per heavy atom. The van der Waals surface area contributed by atoms with Crippen LogP contribution in [0.25, 0.3) is 0 Å². The Labute approximate surface area is 149 Å². The minimum absolute atomic E-state index is 0.0120. The van der Waals surface area contributed by atoms with Gasteiger partial charge in [-0.05, 0) is 30.9 Å². The lowest BCUT2D eigenvalue weighted by Crippen LogP contribution is -2.47. The number of carbonyl (C=O) groups is 1. The molecule has 2 aromatic carbocycles. The van der Waals surface area contributed by atoms with Crippen molar-refractivity contribution < 1.29 is 9.53 Å². The molecular formula is C21H24N2O2. The summed E-state index contributed by atoms with van der Waals surface area (Å²) in [5.74, 6) is 0. The highest BCUT2D eigenvalue weighted by Crippen LogP contribution is 2.22. The quantitative estimate of drug-likeness (QED) is 0.771. The van der Waals surface area contributed by atoms with Crippen molar-refractivity contribution in [1.29, 1.82) is 0 Å². The summed E-state index contributed by atoms with van der Waals surface area (Å²) in [4.78, 5) is 12.2. The Bertz CT molecular complexity index is 712. The molecule has 2 aromatic rings. The number of ether oxygens (including phenoxy) is 1. The Kier molecular flexibility index (Phi) is 5.51. The van der Waals surface area contributed by atoms with E-state index in [1.807, 2.05) is 24.3 Å². The van der Waals surface area contributed by atoms with Crippen LogP contribution in [-0.4, -0.2) is 23.8 Å². The number of hydrazine groups is 1. The summed E-state index contributed by atoms with van der Waals surface area (Å²) >= 11 is 0. The first-order valence-corrected chi connectivity index (χ1v) is 8.61. The summed E-state index contributed by atoms with van der Waals surface area (Å²) < 4.78 is 5.28. The Morgan fingerprint density at radius 3 is 2.64 bits per heavy atom. The summed E-state index contributed by atoms with van der Waals surface area (Å²) in [5, 5.41) is 1.64. The van der Waals surface area contributed by atoms with Crippen LogP contribution in [0.2, 0.25) is 0 Å². The maximum absolute atomic E-state index is 12.2. The lowest BCUT2D eigenvalue weighted by molar-refractivity contribution is 0.130. The van der Waals surface area contributed by atoms with Gasteiger partial charge in [-0.1, -0.05) is 66.2 Å². The van der Waals surface area contributed by atoms with E-state index >= 15 is 0 Å². The molecule has 2 atom stereocenters. The molecule has 1 aliphatic heterocycles. The van der Waals surface area contributed by atoms with Crippen molar-refractivity contribution in [3.8, 4) is 0 Å². The van der Waals surface area contributed by atoms with Crippen molar-refractivity contribution in [2.75, 3.05) is 6.61 Å². The molecule has 25 heavy (non-hydrogen) atoms. The third-order valence-corrected chi connectivity index (χ3v) is 4.45. The average Bonchev–Trinajstić information content (AvgIpc) is 2.96. The molecular weight excluding hydrogens is 312 g/mol. The van der Waals surface area contributed by atoms with Gasteiger partial charge < -0.3 is 4.74 Å². The van der Waals surface area contributed by atoms with Gasteiger partial charge in [0.15, 0.2) is 0 Å². The molecule has 0 bridgehead atoms. The van der Waals surface area contributed by atoms with Crippen molar-refractivity contribution in [1.82, 2.24) is 10.4 Å². The molecule has 0 aromatic heterocycles. The average molecular weight is 336 g/mol. The normalized spacial score (nSPS) is 18.0. The van der Waals surface area contributed by atoms with Gasteiger partial charge in [0.2, 0.25) is 0 Å². The molecule has 1 N–H and O–H groups in total. The number of hydrogen-bond acceptors (Lipinski definition) is 3. The van der Waals surface area contributed by atoms with Crippen LogP contribution in [-0.2, 0) is 11.2 Å². The van der Waals surface area contributed by atoms with E-state index in [9.17, 15) is 4.79 Å². The van der Waals surface area contributed by atoms with Crippen LogP contribution in [0.1, 0.15) is 29.2 Å². The number of cyclic esters (lactones) is 1. The van der Waals surface area contributed by atoms with E-state index in [0.717, 1.165) is 18.4 Å². The second kappa shape index (κ2) is 7.99. The molecule has 1 amide bonds. The zero-order valence-electron chi connectivity index (χ0n) is 14.5. The van der Waals surface area contributed by atoms with Crippen molar-refractivity contribution in [2.45, 2.75) is 31.8 Å². The second-order valence-electron chi connectivity index (χ2n) is 6.41. The fourth-order valence-electron chi connectivity index (χ4n) is 3.05. The Hall–Kier alpha value is -2.59. The van der Waals surface area contributed by atoms with E-state index in [-0.39, 0.29) is 18.2 Å². The van der Waals surface area contributed by atoms with E-state index in [2.05, 4.69) is 55.3 Å². The van der Waals surface area contributed by atoms with Gasteiger partial charge in [-0.25, -0.2) is 15.2 Å². The molecule has 3 rings (SSSR count). The number of aryl methyl sites for hydroxylation is 1. The lowest BCUT2D eigenvalue weighted by atomic mass is 10.0. The first-order chi connectivity index (χ1) is 12.2. The van der Waals surface area contributed by atoms with Gasteiger partial charge >= 0.3 is 6.09 Å². The highest BCUT2D eigenvalue weighted by Gasteiger charge is 2.34. The first kappa shape index (κ1) is 17.2. The van der Waals surface area contributed by atoms with Gasteiger partial charge in [0.1, 0.15) is 6.61 Å². The second-order valence-corrected chi connectivity index (χ2v) is 6.41. The number of nitrogens with zero attached hydrogens (tertiary/aromatic N) is 1. The van der Waals surface area contributed by atoms with Crippen LogP contribution in [0.5, 0.6) is 0 Å². The lowest BCUT2D eigenvalue weighted by Gasteiger charge is -2.28.